The first-order chi connectivity index (χ1) is 18.3. The molecule has 39 heavy (non-hydrogen) atoms. The van der Waals surface area contributed by atoms with Crippen LogP contribution < -0.4 is 11.1 Å². The van der Waals surface area contributed by atoms with Gasteiger partial charge in [0.15, 0.2) is 17.1 Å². The largest absolute Gasteiger partial charge is 0.508 e. The third-order valence-electron chi connectivity index (χ3n) is 7.73. The number of ketones is 2. The molecule has 11 nitrogen and oxygen atoms in total. The third-order valence-corrected chi connectivity index (χ3v) is 7.73. The number of aliphatic hydroxyl groups is 3. The number of anilines is 1. The van der Waals surface area contributed by atoms with Crippen molar-refractivity contribution in [3.05, 3.63) is 39.9 Å². The van der Waals surface area contributed by atoms with Crippen LogP contribution in [0, 0.1) is 17.7 Å². The molecule has 0 aromatic heterocycles. The number of phenolic OH excluding ortho intramolecular Hbond substituents is 1. The van der Waals surface area contributed by atoms with E-state index in [0.717, 1.165) is 6.07 Å². The van der Waals surface area contributed by atoms with Gasteiger partial charge in [0, 0.05) is 29.5 Å². The molecule has 13 heteroatoms. The Kier molecular flexibility index (Phi) is 7.25. The molecule has 0 saturated heterocycles. The van der Waals surface area contributed by atoms with Gasteiger partial charge in [-0.15, -0.1) is 0 Å². The van der Waals surface area contributed by atoms with E-state index in [1.54, 1.807) is 0 Å². The summed E-state index contributed by atoms with van der Waals surface area (Å²) in [5.41, 5.74) is 0.0493. The minimum absolute atomic E-state index is 0.107. The maximum absolute atomic E-state index is 15.2. The molecule has 4 atom stereocenters. The van der Waals surface area contributed by atoms with Crippen molar-refractivity contribution in [1.82, 2.24) is 4.90 Å². The van der Waals surface area contributed by atoms with Crippen LogP contribution in [-0.4, -0.2) is 81.1 Å². The molecule has 0 bridgehead atoms. The van der Waals surface area contributed by atoms with Crippen LogP contribution in [-0.2, 0) is 25.6 Å². The fraction of sp³-hybridized carbons (Fsp3) is 0.462. The third kappa shape index (κ3) is 4.25. The summed E-state index contributed by atoms with van der Waals surface area (Å²) >= 11 is 0. The van der Waals surface area contributed by atoms with Gasteiger partial charge in [-0.2, -0.15) is 0 Å². The fourth-order valence-corrected chi connectivity index (χ4v) is 5.95. The number of unbranched alkanes of at least 4 members (excludes halogenated alkanes) is 1. The number of amides is 2. The Morgan fingerprint density at radius 1 is 1.21 bits per heavy atom. The first-order valence-corrected chi connectivity index (χ1v) is 12.3. The number of carbonyl (C=O) groups is 4. The van der Waals surface area contributed by atoms with Crippen molar-refractivity contribution < 1.29 is 48.4 Å². The number of primary amides is 1. The van der Waals surface area contributed by atoms with Crippen LogP contribution in [0.25, 0.3) is 5.76 Å². The molecular formula is C26H29F2N3O8. The molecule has 2 amide bonds. The smallest absolute Gasteiger partial charge is 0.255 e. The van der Waals surface area contributed by atoms with Gasteiger partial charge in [-0.3, -0.25) is 28.5 Å². The van der Waals surface area contributed by atoms with Crippen molar-refractivity contribution >= 4 is 34.8 Å². The Balaban J connectivity index is 1.84. The Hall–Kier alpha value is -3.84. The van der Waals surface area contributed by atoms with Gasteiger partial charge in [-0.05, 0) is 45.7 Å². The van der Waals surface area contributed by atoms with Gasteiger partial charge in [-0.25, -0.2) is 4.39 Å². The number of phenols is 1. The standard InChI is InChI=1S/C26H29F2N3O8/c1-31(2)19-12-8-10-7-11-13(28)9-14(30-15(32)5-3-4-6-27)20(33)17(11)21(34)16(10)23(36)26(12,39)24(37)18(22(19)35)25(29)38/h9-10,12,19,33-34,37,39H,3-8H2,1-2H3,(H2,29,38)(H,30,32)/t10-,12-,19-,26-/m0/s1. The zero-order valence-corrected chi connectivity index (χ0v) is 21.3. The minimum Gasteiger partial charge on any atom is -0.508 e. The molecule has 0 aliphatic heterocycles. The molecule has 0 heterocycles. The number of Topliss-reactive ketones (excluding diaryl/α,β-unsaturated/α-hetero) is 2. The number of halogens is 2. The number of hydrogen-bond acceptors (Lipinski definition) is 9. The summed E-state index contributed by atoms with van der Waals surface area (Å²) in [4.78, 5) is 52.4. The highest BCUT2D eigenvalue weighted by Gasteiger charge is 2.64. The Morgan fingerprint density at radius 2 is 1.87 bits per heavy atom. The quantitative estimate of drug-likeness (QED) is 0.165. The van der Waals surface area contributed by atoms with E-state index in [4.69, 9.17) is 5.73 Å². The number of likely N-dealkylation sites (N-methyl/N-ethyl adjacent to an activating group) is 1. The number of nitrogens with two attached hydrogens (primary N) is 1. The van der Waals surface area contributed by atoms with Gasteiger partial charge in [0.2, 0.25) is 11.7 Å². The second-order valence-corrected chi connectivity index (χ2v) is 10.3. The number of benzene rings is 1. The average molecular weight is 550 g/mol. The predicted molar refractivity (Wildman–Crippen MR) is 133 cm³/mol. The second kappa shape index (κ2) is 10.0. The molecule has 0 radical (unpaired) electrons. The molecule has 7 N–H and O–H groups in total. The number of rotatable bonds is 7. The van der Waals surface area contributed by atoms with Crippen molar-refractivity contribution in [2.45, 2.75) is 43.7 Å². The van der Waals surface area contributed by atoms with Crippen molar-refractivity contribution in [3.63, 3.8) is 0 Å². The fourth-order valence-electron chi connectivity index (χ4n) is 5.95. The summed E-state index contributed by atoms with van der Waals surface area (Å²) in [5.74, 6) is -10.1. The molecule has 210 valence electrons. The number of carbonyl (C=O) groups excluding carboxylic acids is 4. The topological polar surface area (TPSA) is 190 Å². The lowest BCUT2D eigenvalue weighted by Gasteiger charge is -2.50. The highest BCUT2D eigenvalue weighted by molar-refractivity contribution is 6.24. The summed E-state index contributed by atoms with van der Waals surface area (Å²) in [6.45, 7) is -0.620. The van der Waals surface area contributed by atoms with E-state index in [9.17, 15) is 44.0 Å². The summed E-state index contributed by atoms with van der Waals surface area (Å²) in [5, 5.41) is 46.7. The molecular weight excluding hydrogens is 520 g/mol. The van der Waals surface area contributed by atoms with Crippen LogP contribution in [0.2, 0.25) is 0 Å². The van der Waals surface area contributed by atoms with Crippen LogP contribution in [0.5, 0.6) is 5.75 Å². The molecule has 1 saturated carbocycles. The lowest BCUT2D eigenvalue weighted by atomic mass is 9.57. The number of alkyl halides is 1. The molecule has 1 fully saturated rings. The van der Waals surface area contributed by atoms with Crippen LogP contribution in [0.1, 0.15) is 36.8 Å². The zero-order chi connectivity index (χ0) is 29.0. The number of aromatic hydroxyl groups is 1. The molecule has 0 unspecified atom stereocenters. The van der Waals surface area contributed by atoms with E-state index in [0.29, 0.717) is 0 Å². The lowest BCUT2D eigenvalue weighted by Crippen LogP contribution is -2.65. The van der Waals surface area contributed by atoms with E-state index in [2.05, 4.69) is 5.32 Å². The van der Waals surface area contributed by atoms with E-state index < -0.39 is 99.0 Å². The Morgan fingerprint density at radius 3 is 2.46 bits per heavy atom. The maximum Gasteiger partial charge on any atom is 0.255 e. The number of nitrogens with zero attached hydrogens (tertiary/aromatic N) is 1. The van der Waals surface area contributed by atoms with Crippen LogP contribution in [0.3, 0.4) is 0 Å². The van der Waals surface area contributed by atoms with Gasteiger partial charge in [0.1, 0.15) is 22.9 Å². The average Bonchev–Trinajstić information content (AvgIpc) is 2.84. The van der Waals surface area contributed by atoms with E-state index >= 15 is 4.39 Å². The molecule has 0 spiro atoms. The van der Waals surface area contributed by atoms with Crippen molar-refractivity contribution in [2.75, 3.05) is 26.1 Å². The lowest BCUT2D eigenvalue weighted by molar-refractivity contribution is -0.153. The molecule has 1 aromatic carbocycles. The Bertz CT molecular complexity index is 1350. The highest BCUT2D eigenvalue weighted by atomic mass is 19.1. The van der Waals surface area contributed by atoms with Crippen molar-refractivity contribution in [1.29, 1.82) is 0 Å². The molecule has 4 rings (SSSR count). The van der Waals surface area contributed by atoms with Crippen molar-refractivity contribution in [3.8, 4) is 5.75 Å². The van der Waals surface area contributed by atoms with E-state index in [1.807, 2.05) is 0 Å². The van der Waals surface area contributed by atoms with Gasteiger partial charge >= 0.3 is 0 Å². The Labute approximate surface area is 221 Å². The molecule has 1 aromatic rings. The zero-order valence-electron chi connectivity index (χ0n) is 21.3. The van der Waals surface area contributed by atoms with E-state index in [-0.39, 0.29) is 37.7 Å². The normalized spacial score (nSPS) is 26.4. The van der Waals surface area contributed by atoms with Crippen LogP contribution in [0.15, 0.2) is 23.0 Å². The van der Waals surface area contributed by atoms with Gasteiger partial charge < -0.3 is 31.5 Å². The number of aliphatic hydroxyl groups excluding tert-OH is 2. The number of nitrogens with one attached hydrogen (secondary N) is 1. The highest BCUT2D eigenvalue weighted by Crippen LogP contribution is 2.53. The van der Waals surface area contributed by atoms with Gasteiger partial charge in [-0.1, -0.05) is 0 Å². The molecule has 3 aliphatic carbocycles. The van der Waals surface area contributed by atoms with Gasteiger partial charge in [0.25, 0.3) is 5.91 Å². The summed E-state index contributed by atoms with van der Waals surface area (Å²) in [6, 6.07) is -0.392. The van der Waals surface area contributed by atoms with Gasteiger partial charge in [0.05, 0.1) is 24.0 Å². The number of fused-ring (bicyclic) bond motifs is 3. The van der Waals surface area contributed by atoms with Crippen LogP contribution >= 0.6 is 0 Å². The summed E-state index contributed by atoms with van der Waals surface area (Å²) in [7, 11) is 2.94. The summed E-state index contributed by atoms with van der Waals surface area (Å²) < 4.78 is 27.6. The SMILES string of the molecule is CN(C)[C@@H]1C(=O)C(C(N)=O)=C(O)[C@@]2(O)C(=O)C3=C(O)c4c(O)c(NC(=O)CCCCF)cc(F)c4C[C@H]3C[C@@H]12. The maximum atomic E-state index is 15.2. The first-order valence-electron chi connectivity index (χ1n) is 12.3. The van der Waals surface area contributed by atoms with E-state index in [1.165, 1.54) is 19.0 Å². The second-order valence-electron chi connectivity index (χ2n) is 10.3. The number of hydrogen-bond donors (Lipinski definition) is 6. The molecule has 3 aliphatic rings. The van der Waals surface area contributed by atoms with Crippen molar-refractivity contribution in [2.24, 2.45) is 17.6 Å². The monoisotopic (exact) mass is 549 g/mol. The minimum atomic E-state index is -2.82. The van der Waals surface area contributed by atoms with Crippen LogP contribution in [0.4, 0.5) is 14.5 Å². The predicted octanol–water partition coefficient (Wildman–Crippen LogP) is 1.18. The first kappa shape index (κ1) is 28.2. The summed E-state index contributed by atoms with van der Waals surface area (Å²) in [6.07, 6.45) is -0.166.